The van der Waals surface area contributed by atoms with Crippen LogP contribution in [0.1, 0.15) is 5.56 Å². The third kappa shape index (κ3) is 2.08. The first-order valence-electron chi connectivity index (χ1n) is 4.47. The van der Waals surface area contributed by atoms with Gasteiger partial charge in [0.2, 0.25) is 5.88 Å². The zero-order chi connectivity index (χ0) is 12.6. The van der Waals surface area contributed by atoms with E-state index in [0.29, 0.717) is 6.07 Å². The highest BCUT2D eigenvalue weighted by atomic mass is 19.4. The van der Waals surface area contributed by atoms with E-state index in [1.54, 1.807) is 0 Å². The summed E-state index contributed by atoms with van der Waals surface area (Å²) >= 11 is 0. The van der Waals surface area contributed by atoms with Crippen molar-refractivity contribution in [3.05, 3.63) is 35.8 Å². The maximum Gasteiger partial charge on any atom is 0.417 e. The van der Waals surface area contributed by atoms with Crippen molar-refractivity contribution in [2.45, 2.75) is 6.18 Å². The predicted octanol–water partition coefficient (Wildman–Crippen LogP) is 3.08. The summed E-state index contributed by atoms with van der Waals surface area (Å²) < 4.78 is 55.4. The minimum atomic E-state index is -4.68. The number of nitrogens with two attached hydrogens (primary N) is 1. The number of nitrogens with zero attached hydrogens (tertiary/aromatic N) is 1. The Morgan fingerprint density at radius 3 is 2.41 bits per heavy atom. The summed E-state index contributed by atoms with van der Waals surface area (Å²) in [6.45, 7) is 0. The van der Waals surface area contributed by atoms with Gasteiger partial charge in [-0.15, -0.1) is 0 Å². The van der Waals surface area contributed by atoms with Crippen molar-refractivity contribution >= 4 is 5.88 Å². The summed E-state index contributed by atoms with van der Waals surface area (Å²) in [5.74, 6) is -1.22. The number of aromatic nitrogens is 1. The van der Waals surface area contributed by atoms with Crippen molar-refractivity contribution in [3.8, 4) is 11.1 Å². The summed E-state index contributed by atoms with van der Waals surface area (Å²) in [5.41, 5.74) is 3.93. The molecule has 0 aliphatic heterocycles. The molecule has 1 aromatic heterocycles. The van der Waals surface area contributed by atoms with Gasteiger partial charge >= 0.3 is 6.18 Å². The molecule has 0 fully saturated rings. The van der Waals surface area contributed by atoms with Crippen LogP contribution < -0.4 is 5.73 Å². The molecule has 17 heavy (non-hydrogen) atoms. The normalized spacial score (nSPS) is 11.8. The van der Waals surface area contributed by atoms with Crippen molar-refractivity contribution in [1.29, 1.82) is 0 Å². The number of halogens is 4. The van der Waals surface area contributed by atoms with Gasteiger partial charge in [-0.3, -0.25) is 0 Å². The quantitative estimate of drug-likeness (QED) is 0.786. The molecule has 3 nitrogen and oxygen atoms in total. The maximum atomic E-state index is 12.8. The molecule has 0 amide bonds. The van der Waals surface area contributed by atoms with Crippen LogP contribution in [0.25, 0.3) is 11.1 Å². The molecular weight excluding hydrogens is 240 g/mol. The molecular formula is C10H6F4N2O. The lowest BCUT2D eigenvalue weighted by molar-refractivity contribution is -0.137. The molecule has 0 spiro atoms. The molecule has 0 aliphatic rings. The van der Waals surface area contributed by atoms with Crippen molar-refractivity contribution in [1.82, 2.24) is 5.16 Å². The predicted molar refractivity (Wildman–Crippen MR) is 51.3 cm³/mol. The second-order valence-electron chi connectivity index (χ2n) is 3.29. The Hall–Kier alpha value is -2.05. The first kappa shape index (κ1) is 11.4. The Morgan fingerprint density at radius 2 is 1.88 bits per heavy atom. The lowest BCUT2D eigenvalue weighted by Crippen LogP contribution is -2.08. The van der Waals surface area contributed by atoms with Crippen LogP contribution in [0.5, 0.6) is 0 Å². The molecule has 0 saturated carbocycles. The van der Waals surface area contributed by atoms with Crippen molar-refractivity contribution in [2.24, 2.45) is 0 Å². The van der Waals surface area contributed by atoms with Crippen LogP contribution in [0.2, 0.25) is 0 Å². The Kier molecular flexibility index (Phi) is 2.53. The van der Waals surface area contributed by atoms with E-state index in [-0.39, 0.29) is 17.0 Å². The SMILES string of the molecule is Nc1oncc1-c1ccc(F)cc1C(F)(F)F. The van der Waals surface area contributed by atoms with Gasteiger partial charge in [0, 0.05) is 5.56 Å². The van der Waals surface area contributed by atoms with E-state index in [0.717, 1.165) is 18.3 Å². The fraction of sp³-hybridized carbons (Fsp3) is 0.100. The molecule has 0 atom stereocenters. The number of hydrogen-bond donors (Lipinski definition) is 1. The standard InChI is InChI=1S/C10H6F4N2O/c11-5-1-2-6(7-4-16-17-9(7)15)8(3-5)10(12,13)14/h1-4H,15H2. The number of anilines is 1. The lowest BCUT2D eigenvalue weighted by atomic mass is 10.0. The average molecular weight is 246 g/mol. The molecule has 90 valence electrons. The molecule has 2 N–H and O–H groups in total. The highest BCUT2D eigenvalue weighted by molar-refractivity contribution is 5.75. The van der Waals surface area contributed by atoms with Crippen LogP contribution in [-0.2, 0) is 6.18 Å². The molecule has 1 heterocycles. The highest BCUT2D eigenvalue weighted by Crippen LogP contribution is 2.39. The Labute approximate surface area is 92.8 Å². The molecule has 2 rings (SSSR count). The van der Waals surface area contributed by atoms with Crippen LogP contribution >= 0.6 is 0 Å². The number of alkyl halides is 3. The summed E-state index contributed by atoms with van der Waals surface area (Å²) in [6, 6.07) is 2.31. The second-order valence-corrected chi connectivity index (χ2v) is 3.29. The Balaban J connectivity index is 2.67. The molecule has 0 saturated heterocycles. The summed E-state index contributed by atoms with van der Waals surface area (Å²) in [4.78, 5) is 0. The smallest absolute Gasteiger partial charge is 0.367 e. The average Bonchev–Trinajstić information content (AvgIpc) is 2.63. The van der Waals surface area contributed by atoms with Crippen molar-refractivity contribution in [3.63, 3.8) is 0 Å². The monoisotopic (exact) mass is 246 g/mol. The second kappa shape index (κ2) is 3.76. The van der Waals surface area contributed by atoms with Crippen molar-refractivity contribution < 1.29 is 22.1 Å². The summed E-state index contributed by atoms with van der Waals surface area (Å²) in [6.07, 6.45) is -3.63. The van der Waals surface area contributed by atoms with E-state index in [1.165, 1.54) is 0 Å². The van der Waals surface area contributed by atoms with Crippen LogP contribution in [0, 0.1) is 5.82 Å². The zero-order valence-corrected chi connectivity index (χ0v) is 8.25. The Bertz CT molecular complexity index is 547. The molecule has 1 aromatic carbocycles. The third-order valence-corrected chi connectivity index (χ3v) is 2.18. The van der Waals surface area contributed by atoms with Gasteiger partial charge in [0.1, 0.15) is 5.82 Å². The van der Waals surface area contributed by atoms with E-state index < -0.39 is 17.6 Å². The summed E-state index contributed by atoms with van der Waals surface area (Å²) in [5, 5.41) is 3.28. The fourth-order valence-corrected chi connectivity index (χ4v) is 1.44. The largest absolute Gasteiger partial charge is 0.417 e. The molecule has 0 radical (unpaired) electrons. The fourth-order valence-electron chi connectivity index (χ4n) is 1.44. The van der Waals surface area contributed by atoms with Crippen LogP contribution in [-0.4, -0.2) is 5.16 Å². The first-order chi connectivity index (χ1) is 7.89. The van der Waals surface area contributed by atoms with Gasteiger partial charge in [0.05, 0.1) is 17.3 Å². The van der Waals surface area contributed by atoms with Gasteiger partial charge < -0.3 is 10.3 Å². The van der Waals surface area contributed by atoms with Gasteiger partial charge in [0.15, 0.2) is 0 Å². The van der Waals surface area contributed by atoms with Gasteiger partial charge in [-0.05, 0) is 12.1 Å². The minimum Gasteiger partial charge on any atom is -0.367 e. The van der Waals surface area contributed by atoms with E-state index in [2.05, 4.69) is 9.68 Å². The van der Waals surface area contributed by atoms with Crippen LogP contribution in [0.3, 0.4) is 0 Å². The molecule has 2 aromatic rings. The third-order valence-electron chi connectivity index (χ3n) is 2.18. The van der Waals surface area contributed by atoms with Gasteiger partial charge in [-0.2, -0.15) is 13.2 Å². The van der Waals surface area contributed by atoms with Gasteiger partial charge in [-0.25, -0.2) is 4.39 Å². The first-order valence-corrected chi connectivity index (χ1v) is 4.47. The maximum absolute atomic E-state index is 12.8. The van der Waals surface area contributed by atoms with E-state index in [9.17, 15) is 17.6 Å². The van der Waals surface area contributed by atoms with Crippen LogP contribution in [0.15, 0.2) is 28.9 Å². The van der Waals surface area contributed by atoms with Crippen molar-refractivity contribution in [2.75, 3.05) is 5.73 Å². The van der Waals surface area contributed by atoms with E-state index >= 15 is 0 Å². The van der Waals surface area contributed by atoms with E-state index in [1.807, 2.05) is 0 Å². The van der Waals surface area contributed by atoms with Crippen LogP contribution in [0.4, 0.5) is 23.4 Å². The molecule has 0 unspecified atom stereocenters. The minimum absolute atomic E-state index is 0.0164. The number of rotatable bonds is 1. The molecule has 7 heteroatoms. The Morgan fingerprint density at radius 1 is 1.18 bits per heavy atom. The summed E-state index contributed by atoms with van der Waals surface area (Å²) in [7, 11) is 0. The number of nitrogen functional groups attached to an aromatic ring is 1. The lowest BCUT2D eigenvalue weighted by Gasteiger charge is -2.11. The highest BCUT2D eigenvalue weighted by Gasteiger charge is 2.35. The van der Waals surface area contributed by atoms with Gasteiger partial charge in [-0.1, -0.05) is 11.2 Å². The van der Waals surface area contributed by atoms with Gasteiger partial charge in [0.25, 0.3) is 0 Å². The number of benzene rings is 1. The topological polar surface area (TPSA) is 52.0 Å². The van der Waals surface area contributed by atoms with E-state index in [4.69, 9.17) is 5.73 Å². The number of hydrogen-bond acceptors (Lipinski definition) is 3. The molecule has 0 bridgehead atoms. The molecule has 0 aliphatic carbocycles. The zero-order valence-electron chi connectivity index (χ0n) is 8.25.